The molecule has 0 spiro atoms. The van der Waals surface area contributed by atoms with Gasteiger partial charge in [0.2, 0.25) is 0 Å². The molecule has 3 atom stereocenters. The molecule has 1 fully saturated rings. The van der Waals surface area contributed by atoms with E-state index >= 15 is 0 Å². The number of ether oxygens (including phenoxy) is 1. The SMILES string of the molecule is Cc1ccc(OCC(O)CNC2CC2C)cc1. The lowest BCUT2D eigenvalue weighted by Gasteiger charge is -2.13. The second kappa shape index (κ2) is 5.52. The molecule has 1 aromatic rings. The summed E-state index contributed by atoms with van der Waals surface area (Å²) in [6.45, 7) is 5.21. The van der Waals surface area contributed by atoms with Gasteiger partial charge in [-0.25, -0.2) is 0 Å². The highest BCUT2D eigenvalue weighted by Gasteiger charge is 2.32. The molecule has 1 aliphatic rings. The van der Waals surface area contributed by atoms with Crippen LogP contribution in [0.3, 0.4) is 0 Å². The van der Waals surface area contributed by atoms with Gasteiger partial charge in [0, 0.05) is 12.6 Å². The smallest absolute Gasteiger partial charge is 0.119 e. The second-order valence-electron chi connectivity index (χ2n) is 5.01. The van der Waals surface area contributed by atoms with Crippen molar-refractivity contribution in [1.82, 2.24) is 5.32 Å². The molecule has 3 nitrogen and oxygen atoms in total. The van der Waals surface area contributed by atoms with Crippen molar-refractivity contribution < 1.29 is 9.84 Å². The minimum atomic E-state index is -0.441. The van der Waals surface area contributed by atoms with Gasteiger partial charge in [0.1, 0.15) is 18.5 Å². The monoisotopic (exact) mass is 235 g/mol. The molecule has 3 heteroatoms. The fourth-order valence-corrected chi connectivity index (χ4v) is 1.78. The number of aliphatic hydroxyl groups is 1. The first kappa shape index (κ1) is 12.4. The molecule has 1 saturated carbocycles. The van der Waals surface area contributed by atoms with E-state index in [1.165, 1.54) is 12.0 Å². The van der Waals surface area contributed by atoms with E-state index < -0.39 is 6.10 Å². The van der Waals surface area contributed by atoms with Crippen molar-refractivity contribution in [2.75, 3.05) is 13.2 Å². The van der Waals surface area contributed by atoms with E-state index in [-0.39, 0.29) is 0 Å². The van der Waals surface area contributed by atoms with Gasteiger partial charge in [-0.2, -0.15) is 0 Å². The van der Waals surface area contributed by atoms with Gasteiger partial charge >= 0.3 is 0 Å². The summed E-state index contributed by atoms with van der Waals surface area (Å²) >= 11 is 0. The number of nitrogens with one attached hydrogen (secondary N) is 1. The molecule has 0 bridgehead atoms. The minimum absolute atomic E-state index is 0.344. The number of hydrogen-bond donors (Lipinski definition) is 2. The first-order chi connectivity index (χ1) is 8.15. The maximum absolute atomic E-state index is 9.74. The number of aliphatic hydroxyl groups excluding tert-OH is 1. The van der Waals surface area contributed by atoms with Crippen LogP contribution in [-0.2, 0) is 0 Å². The minimum Gasteiger partial charge on any atom is -0.491 e. The van der Waals surface area contributed by atoms with E-state index in [1.807, 2.05) is 31.2 Å². The molecule has 2 N–H and O–H groups in total. The van der Waals surface area contributed by atoms with E-state index in [0.29, 0.717) is 19.2 Å². The van der Waals surface area contributed by atoms with Crippen LogP contribution in [-0.4, -0.2) is 30.4 Å². The van der Waals surface area contributed by atoms with E-state index in [0.717, 1.165) is 11.7 Å². The van der Waals surface area contributed by atoms with Gasteiger partial charge in [0.05, 0.1) is 0 Å². The molecule has 1 aromatic carbocycles. The molecular weight excluding hydrogens is 214 g/mol. The number of hydrogen-bond acceptors (Lipinski definition) is 3. The summed E-state index contributed by atoms with van der Waals surface area (Å²) in [5, 5.41) is 13.1. The van der Waals surface area contributed by atoms with E-state index in [4.69, 9.17) is 4.74 Å². The molecule has 0 radical (unpaired) electrons. The third kappa shape index (κ3) is 4.02. The molecule has 0 aromatic heterocycles. The van der Waals surface area contributed by atoms with Crippen LogP contribution in [0, 0.1) is 12.8 Å². The molecule has 3 unspecified atom stereocenters. The Morgan fingerprint density at radius 3 is 2.65 bits per heavy atom. The Morgan fingerprint density at radius 1 is 1.41 bits per heavy atom. The lowest BCUT2D eigenvalue weighted by molar-refractivity contribution is 0.106. The molecule has 0 amide bonds. The maximum Gasteiger partial charge on any atom is 0.119 e. The van der Waals surface area contributed by atoms with Crippen LogP contribution in [0.5, 0.6) is 5.75 Å². The predicted octanol–water partition coefficient (Wildman–Crippen LogP) is 1.73. The first-order valence-corrected chi connectivity index (χ1v) is 6.26. The molecule has 94 valence electrons. The zero-order chi connectivity index (χ0) is 12.3. The number of benzene rings is 1. The van der Waals surface area contributed by atoms with Crippen LogP contribution < -0.4 is 10.1 Å². The zero-order valence-electron chi connectivity index (χ0n) is 10.5. The molecule has 0 heterocycles. The molecule has 1 aliphatic carbocycles. The Morgan fingerprint density at radius 2 is 2.06 bits per heavy atom. The van der Waals surface area contributed by atoms with Gasteiger partial charge < -0.3 is 15.2 Å². The van der Waals surface area contributed by atoms with Gasteiger partial charge in [-0.1, -0.05) is 24.6 Å². The zero-order valence-corrected chi connectivity index (χ0v) is 10.5. The Labute approximate surface area is 103 Å². The summed E-state index contributed by atoms with van der Waals surface area (Å²) in [5.74, 6) is 1.58. The fourth-order valence-electron chi connectivity index (χ4n) is 1.78. The third-order valence-corrected chi connectivity index (χ3v) is 3.19. The molecular formula is C14H21NO2. The maximum atomic E-state index is 9.74. The van der Waals surface area contributed by atoms with Crippen LogP contribution in [0.2, 0.25) is 0 Å². The van der Waals surface area contributed by atoms with Crippen molar-refractivity contribution in [2.24, 2.45) is 5.92 Å². The third-order valence-electron chi connectivity index (χ3n) is 3.19. The normalized spacial score (nSPS) is 24.4. The second-order valence-corrected chi connectivity index (χ2v) is 5.01. The predicted molar refractivity (Wildman–Crippen MR) is 68.3 cm³/mol. The fraction of sp³-hybridized carbons (Fsp3) is 0.571. The topological polar surface area (TPSA) is 41.5 Å². The Bertz CT molecular complexity index is 350. The van der Waals surface area contributed by atoms with Crippen molar-refractivity contribution in [3.63, 3.8) is 0 Å². The Hall–Kier alpha value is -1.06. The van der Waals surface area contributed by atoms with Crippen LogP contribution in [0.1, 0.15) is 18.9 Å². The van der Waals surface area contributed by atoms with Crippen molar-refractivity contribution in [2.45, 2.75) is 32.4 Å². The molecule has 17 heavy (non-hydrogen) atoms. The van der Waals surface area contributed by atoms with Gasteiger partial charge in [-0.15, -0.1) is 0 Å². The van der Waals surface area contributed by atoms with Crippen LogP contribution >= 0.6 is 0 Å². The van der Waals surface area contributed by atoms with Crippen molar-refractivity contribution >= 4 is 0 Å². The average molecular weight is 235 g/mol. The Balaban J connectivity index is 1.65. The molecule has 2 rings (SSSR count). The van der Waals surface area contributed by atoms with E-state index in [1.54, 1.807) is 0 Å². The van der Waals surface area contributed by atoms with Gasteiger partial charge in [0.25, 0.3) is 0 Å². The quantitative estimate of drug-likeness (QED) is 0.789. The van der Waals surface area contributed by atoms with Gasteiger partial charge in [-0.05, 0) is 31.4 Å². The van der Waals surface area contributed by atoms with Crippen LogP contribution in [0.4, 0.5) is 0 Å². The summed E-state index contributed by atoms with van der Waals surface area (Å²) in [6.07, 6.45) is 0.787. The highest BCUT2D eigenvalue weighted by molar-refractivity contribution is 5.26. The summed E-state index contributed by atoms with van der Waals surface area (Å²) < 4.78 is 5.51. The highest BCUT2D eigenvalue weighted by Crippen LogP contribution is 2.28. The summed E-state index contributed by atoms with van der Waals surface area (Å²) in [5.41, 5.74) is 1.21. The van der Waals surface area contributed by atoms with Crippen molar-refractivity contribution in [3.05, 3.63) is 29.8 Å². The highest BCUT2D eigenvalue weighted by atomic mass is 16.5. The summed E-state index contributed by atoms with van der Waals surface area (Å²) in [4.78, 5) is 0. The molecule has 0 aliphatic heterocycles. The van der Waals surface area contributed by atoms with Gasteiger partial charge in [-0.3, -0.25) is 0 Å². The lowest BCUT2D eigenvalue weighted by atomic mass is 10.2. The van der Waals surface area contributed by atoms with Crippen LogP contribution in [0.15, 0.2) is 24.3 Å². The van der Waals surface area contributed by atoms with Gasteiger partial charge in [0.15, 0.2) is 0 Å². The lowest BCUT2D eigenvalue weighted by Crippen LogP contribution is -2.33. The Kier molecular flexibility index (Phi) is 4.02. The van der Waals surface area contributed by atoms with E-state index in [2.05, 4.69) is 12.2 Å². The standard InChI is InChI=1S/C14H21NO2/c1-10-3-5-13(6-4-10)17-9-12(16)8-15-14-7-11(14)2/h3-6,11-12,14-16H,7-9H2,1-2H3. The number of rotatable bonds is 6. The number of aryl methyl sites for hydroxylation is 1. The summed E-state index contributed by atoms with van der Waals surface area (Å²) in [6, 6.07) is 8.47. The van der Waals surface area contributed by atoms with Crippen LogP contribution in [0.25, 0.3) is 0 Å². The van der Waals surface area contributed by atoms with Crippen molar-refractivity contribution in [3.8, 4) is 5.75 Å². The first-order valence-electron chi connectivity index (χ1n) is 6.26. The molecule has 0 saturated heterocycles. The average Bonchev–Trinajstić information content (AvgIpc) is 3.02. The van der Waals surface area contributed by atoms with E-state index in [9.17, 15) is 5.11 Å². The summed E-state index contributed by atoms with van der Waals surface area (Å²) in [7, 11) is 0. The van der Waals surface area contributed by atoms with Crippen molar-refractivity contribution in [1.29, 1.82) is 0 Å². The largest absolute Gasteiger partial charge is 0.491 e.